The number of sulfonamides is 1. The number of amides is 2. The molecule has 0 unspecified atom stereocenters. The van der Waals surface area contributed by atoms with Gasteiger partial charge in [0.1, 0.15) is 12.6 Å². The normalized spacial score (nSPS) is 14.1. The molecule has 0 bridgehead atoms. The van der Waals surface area contributed by atoms with Crippen molar-refractivity contribution in [2.45, 2.75) is 62.6 Å². The topological polar surface area (TPSA) is 86.8 Å². The summed E-state index contributed by atoms with van der Waals surface area (Å²) in [6, 6.07) is 31.5. The Morgan fingerprint density at radius 2 is 1.47 bits per heavy atom. The Labute approximate surface area is 274 Å². The smallest absolute Gasteiger partial charge is 0.264 e. The predicted octanol–water partition coefficient (Wildman–Crippen LogP) is 6.65. The molecule has 5 rings (SSSR count). The van der Waals surface area contributed by atoms with Crippen LogP contribution >= 0.6 is 15.9 Å². The van der Waals surface area contributed by atoms with Crippen LogP contribution in [0.1, 0.15) is 42.4 Å². The van der Waals surface area contributed by atoms with Gasteiger partial charge < -0.3 is 10.2 Å². The fourth-order valence-electron chi connectivity index (χ4n) is 5.71. The highest BCUT2D eigenvalue weighted by atomic mass is 79.9. The van der Waals surface area contributed by atoms with Crippen molar-refractivity contribution in [2.24, 2.45) is 0 Å². The minimum Gasteiger partial charge on any atom is -0.352 e. The zero-order valence-electron chi connectivity index (χ0n) is 25.3. The van der Waals surface area contributed by atoms with Crippen molar-refractivity contribution >= 4 is 43.5 Å². The minimum atomic E-state index is -4.12. The van der Waals surface area contributed by atoms with E-state index in [1.807, 2.05) is 73.7 Å². The summed E-state index contributed by atoms with van der Waals surface area (Å²) in [5, 5.41) is 3.21. The van der Waals surface area contributed by atoms with E-state index in [0.717, 1.165) is 51.2 Å². The molecule has 4 aromatic rings. The average molecular weight is 689 g/mol. The molecule has 1 atom stereocenters. The van der Waals surface area contributed by atoms with Gasteiger partial charge in [0.25, 0.3) is 10.0 Å². The first-order valence-electron chi connectivity index (χ1n) is 15.2. The highest BCUT2D eigenvalue weighted by Gasteiger charge is 2.35. The SMILES string of the molecule is Cc1ccc(N(CC(=O)N(Cc2cccc(Br)c2)[C@H](Cc2ccccc2)C(=O)NC2CCCC2)S(=O)(=O)c2ccccc2)cc1. The van der Waals surface area contributed by atoms with Crippen LogP contribution in [-0.2, 0) is 32.6 Å². The Morgan fingerprint density at radius 1 is 0.844 bits per heavy atom. The van der Waals surface area contributed by atoms with Crippen LogP contribution in [-0.4, -0.2) is 43.8 Å². The number of aryl methyl sites for hydroxylation is 1. The van der Waals surface area contributed by atoms with E-state index in [2.05, 4.69) is 21.2 Å². The first-order valence-corrected chi connectivity index (χ1v) is 17.5. The number of benzene rings is 4. The summed E-state index contributed by atoms with van der Waals surface area (Å²) in [5.74, 6) is -0.709. The lowest BCUT2D eigenvalue weighted by Crippen LogP contribution is -2.54. The number of anilines is 1. The number of nitrogens with one attached hydrogen (secondary N) is 1. The van der Waals surface area contributed by atoms with Crippen LogP contribution in [0.15, 0.2) is 119 Å². The third-order valence-electron chi connectivity index (χ3n) is 8.15. The fourth-order valence-corrected chi connectivity index (χ4v) is 7.59. The van der Waals surface area contributed by atoms with Gasteiger partial charge in [-0.3, -0.25) is 13.9 Å². The molecule has 0 saturated heterocycles. The molecule has 1 saturated carbocycles. The van der Waals surface area contributed by atoms with Gasteiger partial charge >= 0.3 is 0 Å². The van der Waals surface area contributed by atoms with Crippen LogP contribution in [0.25, 0.3) is 0 Å². The van der Waals surface area contributed by atoms with Crippen LogP contribution in [0.3, 0.4) is 0 Å². The Balaban J connectivity index is 1.56. The molecule has 0 radical (unpaired) electrons. The lowest BCUT2D eigenvalue weighted by atomic mass is 10.0. The molecule has 1 fully saturated rings. The van der Waals surface area contributed by atoms with Gasteiger partial charge in [-0.25, -0.2) is 8.42 Å². The van der Waals surface area contributed by atoms with E-state index in [9.17, 15) is 18.0 Å². The van der Waals surface area contributed by atoms with Gasteiger partial charge in [0, 0.05) is 23.5 Å². The summed E-state index contributed by atoms with van der Waals surface area (Å²) >= 11 is 3.53. The maximum atomic E-state index is 14.6. The average Bonchev–Trinajstić information content (AvgIpc) is 3.56. The second-order valence-electron chi connectivity index (χ2n) is 11.5. The summed E-state index contributed by atoms with van der Waals surface area (Å²) in [4.78, 5) is 30.3. The van der Waals surface area contributed by atoms with Crippen molar-refractivity contribution in [1.29, 1.82) is 0 Å². The highest BCUT2D eigenvalue weighted by Crippen LogP contribution is 2.26. The molecular weight excluding hydrogens is 650 g/mol. The van der Waals surface area contributed by atoms with Crippen LogP contribution < -0.4 is 9.62 Å². The van der Waals surface area contributed by atoms with E-state index >= 15 is 0 Å². The highest BCUT2D eigenvalue weighted by molar-refractivity contribution is 9.10. The predicted molar refractivity (Wildman–Crippen MR) is 181 cm³/mol. The van der Waals surface area contributed by atoms with Crippen molar-refractivity contribution in [3.63, 3.8) is 0 Å². The maximum Gasteiger partial charge on any atom is 0.264 e. The number of rotatable bonds is 12. The van der Waals surface area contributed by atoms with Crippen LogP contribution in [0.2, 0.25) is 0 Å². The van der Waals surface area contributed by atoms with E-state index < -0.39 is 28.5 Å². The molecule has 0 heterocycles. The van der Waals surface area contributed by atoms with Crippen LogP contribution in [0, 0.1) is 6.92 Å². The first-order chi connectivity index (χ1) is 21.7. The fraction of sp³-hybridized carbons (Fsp3) is 0.278. The quantitative estimate of drug-likeness (QED) is 0.181. The summed E-state index contributed by atoms with van der Waals surface area (Å²) in [6.45, 7) is 1.57. The molecule has 1 N–H and O–H groups in total. The minimum absolute atomic E-state index is 0.0566. The third kappa shape index (κ3) is 8.41. The van der Waals surface area contributed by atoms with Gasteiger partial charge in [0.15, 0.2) is 0 Å². The molecule has 1 aliphatic carbocycles. The van der Waals surface area contributed by atoms with E-state index in [0.29, 0.717) is 5.69 Å². The van der Waals surface area contributed by atoms with Crippen molar-refractivity contribution in [2.75, 3.05) is 10.8 Å². The first kappa shape index (κ1) is 32.4. The molecule has 2 amide bonds. The van der Waals surface area contributed by atoms with E-state index in [1.165, 1.54) is 12.1 Å². The Kier molecular flexibility index (Phi) is 10.7. The van der Waals surface area contributed by atoms with E-state index in [4.69, 9.17) is 0 Å². The second-order valence-corrected chi connectivity index (χ2v) is 14.3. The molecule has 45 heavy (non-hydrogen) atoms. The van der Waals surface area contributed by atoms with Gasteiger partial charge in [-0.05, 0) is 67.3 Å². The van der Waals surface area contributed by atoms with Gasteiger partial charge in [-0.15, -0.1) is 0 Å². The number of nitrogens with zero attached hydrogens (tertiary/aromatic N) is 2. The van der Waals surface area contributed by atoms with Crippen molar-refractivity contribution in [3.8, 4) is 0 Å². The zero-order chi connectivity index (χ0) is 31.8. The number of hydrogen-bond donors (Lipinski definition) is 1. The molecule has 0 aromatic heterocycles. The zero-order valence-corrected chi connectivity index (χ0v) is 27.7. The van der Waals surface area contributed by atoms with E-state index in [1.54, 1.807) is 35.2 Å². The third-order valence-corrected chi connectivity index (χ3v) is 10.4. The molecule has 9 heteroatoms. The molecule has 7 nitrogen and oxygen atoms in total. The standard InChI is InChI=1S/C36H38BrN3O4S/c1-27-19-21-32(22-20-27)40(45(43,44)33-17-6-3-7-18-33)26-35(41)39(25-29-13-10-14-30(37)23-29)34(24-28-11-4-2-5-12-28)36(42)38-31-15-8-9-16-31/h2-7,10-14,17-23,31,34H,8-9,15-16,24-26H2,1H3,(H,38,42)/t34-/m1/s1. The van der Waals surface area contributed by atoms with Crippen LogP contribution in [0.4, 0.5) is 5.69 Å². The molecule has 234 valence electrons. The number of halogens is 1. The summed E-state index contributed by atoms with van der Waals surface area (Å²) in [7, 11) is -4.12. The lowest BCUT2D eigenvalue weighted by Gasteiger charge is -2.34. The largest absolute Gasteiger partial charge is 0.352 e. The van der Waals surface area contributed by atoms with Gasteiger partial charge in [-0.1, -0.05) is 107 Å². The monoisotopic (exact) mass is 687 g/mol. The number of carbonyl (C=O) groups is 2. The molecule has 0 spiro atoms. The van der Waals surface area contributed by atoms with Crippen LogP contribution in [0.5, 0.6) is 0 Å². The Morgan fingerprint density at radius 3 is 2.11 bits per heavy atom. The molecular formula is C36H38BrN3O4S. The Bertz CT molecular complexity index is 1690. The maximum absolute atomic E-state index is 14.6. The van der Waals surface area contributed by atoms with Crippen molar-refractivity contribution < 1.29 is 18.0 Å². The van der Waals surface area contributed by atoms with Gasteiger partial charge in [0.2, 0.25) is 11.8 Å². The molecule has 0 aliphatic heterocycles. The number of carbonyl (C=O) groups excluding carboxylic acids is 2. The Hall–Kier alpha value is -3.95. The second kappa shape index (κ2) is 14.9. The van der Waals surface area contributed by atoms with Crippen molar-refractivity contribution in [3.05, 3.63) is 130 Å². The van der Waals surface area contributed by atoms with Crippen molar-refractivity contribution in [1.82, 2.24) is 10.2 Å². The molecule has 1 aliphatic rings. The number of hydrogen-bond acceptors (Lipinski definition) is 4. The summed E-state index contributed by atoms with van der Waals surface area (Å²) < 4.78 is 30.1. The summed E-state index contributed by atoms with van der Waals surface area (Å²) in [6.07, 6.45) is 4.20. The summed E-state index contributed by atoms with van der Waals surface area (Å²) in [5.41, 5.74) is 3.06. The van der Waals surface area contributed by atoms with Gasteiger partial charge in [-0.2, -0.15) is 0 Å². The lowest BCUT2D eigenvalue weighted by molar-refractivity contribution is -0.140. The van der Waals surface area contributed by atoms with E-state index in [-0.39, 0.29) is 29.8 Å². The van der Waals surface area contributed by atoms with Gasteiger partial charge in [0.05, 0.1) is 10.6 Å². The molecule has 4 aromatic carbocycles.